The molecule has 1 heterocycles. The van der Waals surface area contributed by atoms with E-state index in [0.717, 1.165) is 36.7 Å². The summed E-state index contributed by atoms with van der Waals surface area (Å²) in [5.74, 6) is 2.21. The van der Waals surface area contributed by atoms with Crippen LogP contribution >= 0.6 is 0 Å². The molecule has 1 N–H and O–H groups in total. The van der Waals surface area contributed by atoms with Crippen molar-refractivity contribution >= 4 is 5.96 Å². The summed E-state index contributed by atoms with van der Waals surface area (Å²) in [7, 11) is 3.66. The summed E-state index contributed by atoms with van der Waals surface area (Å²) in [4.78, 5) is 10.6. The summed E-state index contributed by atoms with van der Waals surface area (Å²) in [5.41, 5.74) is 0.900. The summed E-state index contributed by atoms with van der Waals surface area (Å²) in [6.07, 6.45) is 1.57. The second-order valence-corrected chi connectivity index (χ2v) is 6.26. The largest absolute Gasteiger partial charge is 0.356 e. The number of nitrogens with one attached hydrogen (secondary N) is 1. The fourth-order valence-corrected chi connectivity index (χ4v) is 2.41. The van der Waals surface area contributed by atoms with Crippen LogP contribution < -0.4 is 5.32 Å². The van der Waals surface area contributed by atoms with Gasteiger partial charge in [-0.1, -0.05) is 31.1 Å². The third-order valence-corrected chi connectivity index (χ3v) is 3.73. The van der Waals surface area contributed by atoms with Gasteiger partial charge in [0.2, 0.25) is 5.89 Å². The first-order valence-electron chi connectivity index (χ1n) is 8.48. The van der Waals surface area contributed by atoms with Crippen molar-refractivity contribution in [1.82, 2.24) is 20.4 Å². The first kappa shape index (κ1) is 18.9. The molecular formula is C18H26FN5O. The molecule has 0 aliphatic heterocycles. The maximum absolute atomic E-state index is 13.3. The summed E-state index contributed by atoms with van der Waals surface area (Å²) in [5, 5.41) is 7.25. The molecule has 25 heavy (non-hydrogen) atoms. The highest BCUT2D eigenvalue weighted by molar-refractivity contribution is 5.79. The van der Waals surface area contributed by atoms with Gasteiger partial charge in [0.15, 0.2) is 11.8 Å². The van der Waals surface area contributed by atoms with E-state index in [0.29, 0.717) is 12.4 Å². The van der Waals surface area contributed by atoms with E-state index < -0.39 is 0 Å². The molecule has 0 aliphatic carbocycles. The van der Waals surface area contributed by atoms with Gasteiger partial charge in [0.25, 0.3) is 0 Å². The van der Waals surface area contributed by atoms with Crippen molar-refractivity contribution in [1.29, 1.82) is 0 Å². The minimum atomic E-state index is -0.228. The Hall–Kier alpha value is -2.44. The Kier molecular flexibility index (Phi) is 6.91. The van der Waals surface area contributed by atoms with Crippen LogP contribution in [0.15, 0.2) is 33.8 Å². The Bertz CT molecular complexity index is 698. The van der Waals surface area contributed by atoms with Gasteiger partial charge in [-0.3, -0.25) is 4.99 Å². The highest BCUT2D eigenvalue weighted by Crippen LogP contribution is 2.10. The van der Waals surface area contributed by atoms with Crippen LogP contribution in [0.2, 0.25) is 0 Å². The Labute approximate surface area is 148 Å². The second-order valence-electron chi connectivity index (χ2n) is 6.26. The minimum Gasteiger partial charge on any atom is -0.356 e. The zero-order valence-electron chi connectivity index (χ0n) is 15.3. The maximum Gasteiger partial charge on any atom is 0.226 e. The van der Waals surface area contributed by atoms with Crippen LogP contribution in [0.5, 0.6) is 0 Å². The van der Waals surface area contributed by atoms with Crippen LogP contribution in [0, 0.1) is 5.82 Å². The molecule has 0 radical (unpaired) electrons. The van der Waals surface area contributed by atoms with Gasteiger partial charge in [-0.05, 0) is 24.1 Å². The molecule has 6 nitrogen and oxygen atoms in total. The number of rotatable bonds is 7. The third-order valence-electron chi connectivity index (χ3n) is 3.73. The van der Waals surface area contributed by atoms with E-state index in [-0.39, 0.29) is 11.7 Å². The molecule has 2 rings (SSSR count). The maximum atomic E-state index is 13.3. The van der Waals surface area contributed by atoms with Crippen molar-refractivity contribution in [3.8, 4) is 0 Å². The first-order valence-corrected chi connectivity index (χ1v) is 8.48. The predicted molar refractivity (Wildman–Crippen MR) is 95.9 cm³/mol. The number of hydrogen-bond donors (Lipinski definition) is 1. The highest BCUT2D eigenvalue weighted by atomic mass is 19.1. The minimum absolute atomic E-state index is 0.228. The van der Waals surface area contributed by atoms with Gasteiger partial charge in [-0.25, -0.2) is 4.39 Å². The Morgan fingerprint density at radius 2 is 2.20 bits per heavy atom. The predicted octanol–water partition coefficient (Wildman–Crippen LogP) is 2.97. The zero-order chi connectivity index (χ0) is 18.2. The Balaban J connectivity index is 1.77. The molecule has 7 heteroatoms. The summed E-state index contributed by atoms with van der Waals surface area (Å²) < 4.78 is 18.5. The van der Waals surface area contributed by atoms with E-state index in [4.69, 9.17) is 4.52 Å². The zero-order valence-corrected chi connectivity index (χ0v) is 15.3. The SMILES string of the molecule is CN=C(NCCCc1nc(C(C)C)no1)N(C)Cc1cccc(F)c1. The number of hydrogen-bond acceptors (Lipinski definition) is 4. The lowest BCUT2D eigenvalue weighted by atomic mass is 10.2. The number of halogens is 1. The fraction of sp³-hybridized carbons (Fsp3) is 0.500. The molecule has 0 amide bonds. The Morgan fingerprint density at radius 3 is 2.84 bits per heavy atom. The molecule has 0 atom stereocenters. The van der Waals surface area contributed by atoms with E-state index in [1.54, 1.807) is 13.1 Å². The normalized spacial score (nSPS) is 11.8. The second kappa shape index (κ2) is 9.15. The average molecular weight is 347 g/mol. The molecule has 0 unspecified atom stereocenters. The van der Waals surface area contributed by atoms with Crippen molar-refractivity contribution < 1.29 is 8.91 Å². The monoisotopic (exact) mass is 347 g/mol. The van der Waals surface area contributed by atoms with Crippen molar-refractivity contribution in [2.45, 2.75) is 39.2 Å². The van der Waals surface area contributed by atoms with E-state index in [9.17, 15) is 4.39 Å². The van der Waals surface area contributed by atoms with Crippen LogP contribution in [-0.4, -0.2) is 41.6 Å². The molecule has 0 fully saturated rings. The number of aromatic nitrogens is 2. The van der Waals surface area contributed by atoms with Crippen LogP contribution in [0.3, 0.4) is 0 Å². The number of benzene rings is 1. The van der Waals surface area contributed by atoms with Crippen LogP contribution in [-0.2, 0) is 13.0 Å². The van der Waals surface area contributed by atoms with Crippen LogP contribution in [0.1, 0.15) is 43.5 Å². The molecule has 0 bridgehead atoms. The number of guanidine groups is 1. The smallest absolute Gasteiger partial charge is 0.226 e. The molecule has 0 saturated carbocycles. The number of aryl methyl sites for hydroxylation is 1. The quantitative estimate of drug-likeness (QED) is 0.474. The number of nitrogens with zero attached hydrogens (tertiary/aromatic N) is 4. The van der Waals surface area contributed by atoms with Crippen LogP contribution in [0.25, 0.3) is 0 Å². The van der Waals surface area contributed by atoms with Gasteiger partial charge in [-0.15, -0.1) is 0 Å². The lowest BCUT2D eigenvalue weighted by Gasteiger charge is -2.22. The summed E-state index contributed by atoms with van der Waals surface area (Å²) >= 11 is 0. The van der Waals surface area contributed by atoms with Crippen molar-refractivity contribution in [2.75, 3.05) is 20.6 Å². The van der Waals surface area contributed by atoms with Crippen molar-refractivity contribution in [3.63, 3.8) is 0 Å². The lowest BCUT2D eigenvalue weighted by molar-refractivity contribution is 0.368. The molecule has 1 aromatic heterocycles. The molecule has 1 aromatic carbocycles. The lowest BCUT2D eigenvalue weighted by Crippen LogP contribution is -2.39. The standard InChI is InChI=1S/C18H26FN5O/c1-13(2)17-22-16(25-23-17)9-6-10-21-18(20-3)24(4)12-14-7-5-8-15(19)11-14/h5,7-8,11,13H,6,9-10,12H2,1-4H3,(H,20,21). The van der Waals surface area contributed by atoms with Gasteiger partial charge < -0.3 is 14.7 Å². The molecule has 0 spiro atoms. The number of aliphatic imine (C=N–C) groups is 1. The van der Waals surface area contributed by atoms with E-state index in [2.05, 4.69) is 20.4 Å². The highest BCUT2D eigenvalue weighted by Gasteiger charge is 2.10. The average Bonchev–Trinajstić information content (AvgIpc) is 3.04. The first-order chi connectivity index (χ1) is 12.0. The van der Waals surface area contributed by atoms with Gasteiger partial charge >= 0.3 is 0 Å². The molecule has 2 aromatic rings. The van der Waals surface area contributed by atoms with Gasteiger partial charge in [0.1, 0.15) is 5.82 Å². The third kappa shape index (κ3) is 5.85. The van der Waals surface area contributed by atoms with Gasteiger partial charge in [0, 0.05) is 39.5 Å². The summed E-state index contributed by atoms with van der Waals surface area (Å²) in [6.45, 7) is 5.39. The summed E-state index contributed by atoms with van der Waals surface area (Å²) in [6, 6.07) is 6.59. The van der Waals surface area contributed by atoms with Gasteiger partial charge in [0.05, 0.1) is 0 Å². The van der Waals surface area contributed by atoms with E-state index in [1.807, 2.05) is 31.9 Å². The van der Waals surface area contributed by atoms with E-state index >= 15 is 0 Å². The van der Waals surface area contributed by atoms with E-state index in [1.165, 1.54) is 12.1 Å². The van der Waals surface area contributed by atoms with Gasteiger partial charge in [-0.2, -0.15) is 4.98 Å². The Morgan fingerprint density at radius 1 is 1.40 bits per heavy atom. The molecule has 136 valence electrons. The molecule has 0 aliphatic rings. The van der Waals surface area contributed by atoms with Crippen molar-refractivity contribution in [3.05, 3.63) is 47.4 Å². The molecular weight excluding hydrogens is 321 g/mol. The fourth-order valence-electron chi connectivity index (χ4n) is 2.41. The topological polar surface area (TPSA) is 66.5 Å². The molecule has 0 saturated heterocycles. The van der Waals surface area contributed by atoms with Crippen LogP contribution in [0.4, 0.5) is 4.39 Å². The van der Waals surface area contributed by atoms with Crippen molar-refractivity contribution in [2.24, 2.45) is 4.99 Å².